The summed E-state index contributed by atoms with van der Waals surface area (Å²) in [5.74, 6) is -2.27. The number of para-hydroxylation sites is 1. The molecule has 2 heterocycles. The van der Waals surface area contributed by atoms with E-state index >= 15 is 0 Å². The first kappa shape index (κ1) is 20.3. The van der Waals surface area contributed by atoms with Crippen LogP contribution in [0.15, 0.2) is 46.4 Å². The molecule has 158 valence electrons. The van der Waals surface area contributed by atoms with Crippen molar-refractivity contribution in [1.82, 2.24) is 9.88 Å². The number of nitrogens with zero attached hydrogens (tertiary/aromatic N) is 2. The molecule has 1 fully saturated rings. The van der Waals surface area contributed by atoms with Gasteiger partial charge in [-0.2, -0.15) is 0 Å². The third kappa shape index (κ3) is 3.57. The van der Waals surface area contributed by atoms with E-state index in [0.717, 1.165) is 69.8 Å². The molecule has 0 radical (unpaired) electrons. The number of rotatable bonds is 2. The summed E-state index contributed by atoms with van der Waals surface area (Å²) in [5.41, 5.74) is 4.83. The summed E-state index contributed by atoms with van der Waals surface area (Å²) in [6.45, 7) is 0.743. The molecule has 3 aromatic rings. The Hall–Kier alpha value is -2.58. The first-order valence-corrected chi connectivity index (χ1v) is 11.5. The number of anilines is 1. The molecule has 0 bridgehead atoms. The van der Waals surface area contributed by atoms with E-state index in [0.29, 0.717) is 0 Å². The molecular formula is C23H18BrF2N3OS. The van der Waals surface area contributed by atoms with Crippen LogP contribution in [0.25, 0.3) is 16.1 Å². The lowest BCUT2D eigenvalue weighted by Gasteiger charge is -2.28. The van der Waals surface area contributed by atoms with Crippen molar-refractivity contribution < 1.29 is 13.6 Å². The van der Waals surface area contributed by atoms with Gasteiger partial charge in [0.2, 0.25) is 0 Å². The topological polar surface area (TPSA) is 45.2 Å². The minimum absolute atomic E-state index is 0.173. The SMILES string of the molecule is CN1Cc2ccc(Br)cc2-c2sc(C(=O)Nc3c(F)cccc3F)nc2C1=C1CCC1. The molecule has 1 N–H and O–H groups in total. The summed E-state index contributed by atoms with van der Waals surface area (Å²) in [6, 6.07) is 9.58. The molecule has 2 aromatic carbocycles. The number of aromatic nitrogens is 1. The van der Waals surface area contributed by atoms with E-state index in [1.807, 2.05) is 19.2 Å². The van der Waals surface area contributed by atoms with Gasteiger partial charge in [-0.05, 0) is 54.7 Å². The molecule has 1 aliphatic heterocycles. The number of hydrogen-bond acceptors (Lipinski definition) is 4. The summed E-state index contributed by atoms with van der Waals surface area (Å²) in [6.07, 6.45) is 3.17. The van der Waals surface area contributed by atoms with Crippen LogP contribution >= 0.6 is 27.3 Å². The fourth-order valence-corrected chi connectivity index (χ4v) is 5.36. The van der Waals surface area contributed by atoms with Gasteiger partial charge in [-0.1, -0.05) is 28.1 Å². The van der Waals surface area contributed by atoms with Gasteiger partial charge in [0.05, 0.1) is 10.6 Å². The number of nitrogens with one attached hydrogen (secondary N) is 1. The lowest BCUT2D eigenvalue weighted by Crippen LogP contribution is -2.20. The summed E-state index contributed by atoms with van der Waals surface area (Å²) in [4.78, 5) is 20.7. The summed E-state index contributed by atoms with van der Waals surface area (Å²) < 4.78 is 29.0. The fourth-order valence-electron chi connectivity index (χ4n) is 3.99. The maximum Gasteiger partial charge on any atom is 0.284 e. The molecule has 0 unspecified atom stereocenters. The monoisotopic (exact) mass is 501 g/mol. The average Bonchev–Trinajstić information content (AvgIpc) is 3.09. The fraction of sp³-hybridized carbons (Fsp3) is 0.217. The van der Waals surface area contributed by atoms with Gasteiger partial charge in [0.1, 0.15) is 23.0 Å². The van der Waals surface area contributed by atoms with E-state index in [1.165, 1.54) is 23.0 Å². The third-order valence-electron chi connectivity index (χ3n) is 5.64. The van der Waals surface area contributed by atoms with E-state index < -0.39 is 23.2 Å². The second-order valence-corrected chi connectivity index (χ2v) is 9.63. The highest BCUT2D eigenvalue weighted by Crippen LogP contribution is 2.45. The first-order valence-electron chi connectivity index (χ1n) is 9.91. The number of hydrogen-bond donors (Lipinski definition) is 1. The van der Waals surface area contributed by atoms with Crippen molar-refractivity contribution >= 4 is 44.6 Å². The Morgan fingerprint density at radius 2 is 1.94 bits per heavy atom. The van der Waals surface area contributed by atoms with Crippen LogP contribution in [0.5, 0.6) is 0 Å². The standard InChI is InChI=1S/C23H18BrF2N3OS/c1-29-11-13-8-9-14(24)10-15(13)21-19(20(29)12-4-2-5-12)28-23(31-21)22(30)27-18-16(25)6-3-7-17(18)26/h3,6-10H,2,4-5,11H2,1H3,(H,27,30). The van der Waals surface area contributed by atoms with Gasteiger partial charge in [0.15, 0.2) is 5.01 Å². The zero-order chi connectivity index (χ0) is 21.7. The van der Waals surface area contributed by atoms with Crippen molar-refractivity contribution in [3.63, 3.8) is 0 Å². The van der Waals surface area contributed by atoms with Crippen LogP contribution in [0, 0.1) is 11.6 Å². The van der Waals surface area contributed by atoms with Gasteiger partial charge in [0, 0.05) is 23.6 Å². The highest BCUT2D eigenvalue weighted by Gasteiger charge is 2.31. The van der Waals surface area contributed by atoms with Crippen molar-refractivity contribution in [2.45, 2.75) is 25.8 Å². The molecule has 1 aliphatic carbocycles. The van der Waals surface area contributed by atoms with Gasteiger partial charge in [-0.3, -0.25) is 4.79 Å². The third-order valence-corrected chi connectivity index (χ3v) is 7.23. The van der Waals surface area contributed by atoms with E-state index in [1.54, 1.807) is 0 Å². The largest absolute Gasteiger partial charge is 0.368 e. The molecule has 8 heteroatoms. The molecule has 2 aliphatic rings. The number of benzene rings is 2. The van der Waals surface area contributed by atoms with Gasteiger partial charge in [-0.15, -0.1) is 11.3 Å². The summed E-state index contributed by atoms with van der Waals surface area (Å²) in [5, 5.41) is 2.53. The van der Waals surface area contributed by atoms with Crippen molar-refractivity contribution in [3.05, 3.63) is 74.3 Å². The van der Waals surface area contributed by atoms with Crippen molar-refractivity contribution in [2.24, 2.45) is 0 Å². The van der Waals surface area contributed by atoms with Crippen molar-refractivity contribution in [1.29, 1.82) is 0 Å². The average molecular weight is 502 g/mol. The maximum atomic E-state index is 14.0. The number of allylic oxidation sites excluding steroid dienone is 1. The van der Waals surface area contributed by atoms with Crippen LogP contribution in [-0.2, 0) is 6.54 Å². The molecule has 5 rings (SSSR count). The predicted molar refractivity (Wildman–Crippen MR) is 122 cm³/mol. The number of carbonyl (C=O) groups excluding carboxylic acids is 1. The van der Waals surface area contributed by atoms with Gasteiger partial charge < -0.3 is 10.2 Å². The van der Waals surface area contributed by atoms with Gasteiger partial charge >= 0.3 is 0 Å². The smallest absolute Gasteiger partial charge is 0.284 e. The van der Waals surface area contributed by atoms with E-state index in [2.05, 4.69) is 37.2 Å². The van der Waals surface area contributed by atoms with Gasteiger partial charge in [-0.25, -0.2) is 13.8 Å². The molecule has 0 spiro atoms. The number of thiazole rings is 1. The highest BCUT2D eigenvalue weighted by atomic mass is 79.9. The first-order chi connectivity index (χ1) is 14.9. The lowest BCUT2D eigenvalue weighted by molar-refractivity contribution is 0.102. The Kier molecular flexibility index (Phi) is 5.14. The second-order valence-electron chi connectivity index (χ2n) is 7.71. The zero-order valence-electron chi connectivity index (χ0n) is 16.6. The van der Waals surface area contributed by atoms with Crippen molar-refractivity contribution in [2.75, 3.05) is 12.4 Å². The summed E-state index contributed by atoms with van der Waals surface area (Å²) in [7, 11) is 2.04. The molecule has 1 amide bonds. The second kappa shape index (κ2) is 7.84. The van der Waals surface area contributed by atoms with Crippen LogP contribution < -0.4 is 5.32 Å². The van der Waals surface area contributed by atoms with E-state index in [4.69, 9.17) is 0 Å². The van der Waals surface area contributed by atoms with Crippen LogP contribution in [0.4, 0.5) is 14.5 Å². The zero-order valence-corrected chi connectivity index (χ0v) is 19.0. The molecule has 31 heavy (non-hydrogen) atoms. The maximum absolute atomic E-state index is 14.0. The lowest BCUT2D eigenvalue weighted by atomic mass is 9.89. The number of halogens is 3. The Morgan fingerprint density at radius 1 is 1.19 bits per heavy atom. The Balaban J connectivity index is 1.63. The van der Waals surface area contributed by atoms with Crippen LogP contribution in [-0.4, -0.2) is 22.8 Å². The number of amides is 1. The molecule has 1 aromatic heterocycles. The molecule has 1 saturated carbocycles. The molecular weight excluding hydrogens is 484 g/mol. The minimum Gasteiger partial charge on any atom is -0.368 e. The van der Waals surface area contributed by atoms with Gasteiger partial charge in [0.25, 0.3) is 5.91 Å². The Morgan fingerprint density at radius 3 is 2.61 bits per heavy atom. The minimum atomic E-state index is -0.822. The van der Waals surface area contributed by atoms with Crippen LogP contribution in [0.1, 0.15) is 40.3 Å². The Labute approximate surface area is 190 Å². The quantitative estimate of drug-likeness (QED) is 0.439. The summed E-state index contributed by atoms with van der Waals surface area (Å²) >= 11 is 4.79. The van der Waals surface area contributed by atoms with E-state index in [-0.39, 0.29) is 5.01 Å². The van der Waals surface area contributed by atoms with E-state index in [9.17, 15) is 13.6 Å². The van der Waals surface area contributed by atoms with Crippen LogP contribution in [0.2, 0.25) is 0 Å². The van der Waals surface area contributed by atoms with Crippen molar-refractivity contribution in [3.8, 4) is 10.4 Å². The predicted octanol–water partition coefficient (Wildman–Crippen LogP) is 6.44. The highest BCUT2D eigenvalue weighted by molar-refractivity contribution is 9.10. The number of carbonyl (C=O) groups is 1. The molecule has 4 nitrogen and oxygen atoms in total. The normalized spacial score (nSPS) is 15.2. The molecule has 0 atom stereocenters. The van der Waals surface area contributed by atoms with Crippen LogP contribution in [0.3, 0.4) is 0 Å². The number of fused-ring (bicyclic) bond motifs is 3. The molecule has 0 saturated heterocycles. The Bertz CT molecular complexity index is 1230.